The van der Waals surface area contributed by atoms with Crippen LogP contribution < -0.4 is 4.74 Å². The molecule has 74 valence electrons. The van der Waals surface area contributed by atoms with Crippen LogP contribution in [0.5, 0.6) is 6.01 Å². The Morgan fingerprint density at radius 1 is 1.50 bits per heavy atom. The SMILES string of the molecule is O=C(O)N1CC(Oc2ncccn2)C1. The molecule has 1 aliphatic heterocycles. The molecule has 0 aromatic carbocycles. The molecule has 0 spiro atoms. The average Bonchev–Trinajstić information content (AvgIpc) is 2.12. The molecule has 2 heterocycles. The third-order valence-electron chi connectivity index (χ3n) is 1.93. The fourth-order valence-electron chi connectivity index (χ4n) is 1.16. The molecular weight excluding hydrogens is 186 g/mol. The average molecular weight is 195 g/mol. The molecule has 2 rings (SSSR count). The Morgan fingerprint density at radius 2 is 2.14 bits per heavy atom. The van der Waals surface area contributed by atoms with Crippen molar-refractivity contribution in [3.8, 4) is 6.01 Å². The number of rotatable bonds is 2. The molecule has 1 aromatic rings. The van der Waals surface area contributed by atoms with Crippen molar-refractivity contribution in [2.24, 2.45) is 0 Å². The number of hydrogen-bond acceptors (Lipinski definition) is 4. The summed E-state index contributed by atoms with van der Waals surface area (Å²) in [5.74, 6) is 0. The van der Waals surface area contributed by atoms with Gasteiger partial charge in [0.25, 0.3) is 0 Å². The summed E-state index contributed by atoms with van der Waals surface area (Å²) in [5, 5.41) is 8.56. The van der Waals surface area contributed by atoms with Gasteiger partial charge in [0.2, 0.25) is 0 Å². The minimum absolute atomic E-state index is 0.117. The molecule has 0 bridgehead atoms. The van der Waals surface area contributed by atoms with Crippen LogP contribution in [-0.2, 0) is 0 Å². The highest BCUT2D eigenvalue weighted by molar-refractivity contribution is 5.66. The van der Waals surface area contributed by atoms with E-state index in [4.69, 9.17) is 9.84 Å². The first-order valence-electron chi connectivity index (χ1n) is 4.17. The van der Waals surface area contributed by atoms with Gasteiger partial charge < -0.3 is 14.7 Å². The number of aromatic nitrogens is 2. The van der Waals surface area contributed by atoms with E-state index in [2.05, 4.69) is 9.97 Å². The molecule has 6 heteroatoms. The number of hydrogen-bond donors (Lipinski definition) is 1. The van der Waals surface area contributed by atoms with Gasteiger partial charge >= 0.3 is 12.1 Å². The molecule has 1 aliphatic rings. The molecule has 0 unspecified atom stereocenters. The van der Waals surface area contributed by atoms with Gasteiger partial charge in [-0.3, -0.25) is 0 Å². The van der Waals surface area contributed by atoms with Gasteiger partial charge in [0.05, 0.1) is 13.1 Å². The Labute approximate surface area is 80.2 Å². The van der Waals surface area contributed by atoms with Crippen LogP contribution in [0.2, 0.25) is 0 Å². The summed E-state index contributed by atoms with van der Waals surface area (Å²) >= 11 is 0. The van der Waals surface area contributed by atoms with Crippen molar-refractivity contribution < 1.29 is 14.6 Å². The first-order valence-corrected chi connectivity index (χ1v) is 4.17. The number of carbonyl (C=O) groups is 1. The highest BCUT2D eigenvalue weighted by Crippen LogP contribution is 2.13. The molecule has 1 fully saturated rings. The molecule has 0 atom stereocenters. The van der Waals surface area contributed by atoms with Crippen LogP contribution in [0.15, 0.2) is 18.5 Å². The van der Waals surface area contributed by atoms with Crippen molar-refractivity contribution in [3.05, 3.63) is 18.5 Å². The van der Waals surface area contributed by atoms with Gasteiger partial charge in [-0.2, -0.15) is 0 Å². The van der Waals surface area contributed by atoms with E-state index in [1.54, 1.807) is 18.5 Å². The lowest BCUT2D eigenvalue weighted by Gasteiger charge is -2.35. The largest absolute Gasteiger partial charge is 0.465 e. The van der Waals surface area contributed by atoms with E-state index in [9.17, 15) is 4.79 Å². The summed E-state index contributed by atoms with van der Waals surface area (Å²) in [7, 11) is 0. The fourth-order valence-corrected chi connectivity index (χ4v) is 1.16. The third-order valence-corrected chi connectivity index (χ3v) is 1.93. The molecule has 0 saturated carbocycles. The van der Waals surface area contributed by atoms with E-state index in [0.29, 0.717) is 19.1 Å². The number of ether oxygens (including phenoxy) is 1. The van der Waals surface area contributed by atoms with Crippen LogP contribution in [-0.4, -0.2) is 45.3 Å². The van der Waals surface area contributed by atoms with Crippen molar-refractivity contribution in [1.29, 1.82) is 0 Å². The van der Waals surface area contributed by atoms with Crippen LogP contribution in [0.1, 0.15) is 0 Å². The van der Waals surface area contributed by atoms with E-state index in [0.717, 1.165) is 0 Å². The van der Waals surface area contributed by atoms with Gasteiger partial charge in [-0.05, 0) is 6.07 Å². The number of likely N-dealkylation sites (tertiary alicyclic amines) is 1. The quantitative estimate of drug-likeness (QED) is 0.730. The van der Waals surface area contributed by atoms with Crippen molar-refractivity contribution in [2.45, 2.75) is 6.10 Å². The Bertz CT molecular complexity index is 324. The Kier molecular flexibility index (Phi) is 2.18. The zero-order valence-corrected chi connectivity index (χ0v) is 7.33. The predicted molar refractivity (Wildman–Crippen MR) is 46.0 cm³/mol. The van der Waals surface area contributed by atoms with Gasteiger partial charge in [0.15, 0.2) is 0 Å². The Balaban J connectivity index is 1.82. The lowest BCUT2D eigenvalue weighted by atomic mass is 10.2. The maximum atomic E-state index is 10.4. The molecule has 0 radical (unpaired) electrons. The highest BCUT2D eigenvalue weighted by Gasteiger charge is 2.32. The van der Waals surface area contributed by atoms with Crippen molar-refractivity contribution >= 4 is 6.09 Å². The first-order chi connectivity index (χ1) is 6.75. The van der Waals surface area contributed by atoms with Crippen LogP contribution in [0, 0.1) is 0 Å². The molecule has 6 nitrogen and oxygen atoms in total. The molecule has 14 heavy (non-hydrogen) atoms. The van der Waals surface area contributed by atoms with Gasteiger partial charge in [-0.15, -0.1) is 0 Å². The van der Waals surface area contributed by atoms with Gasteiger partial charge in [0, 0.05) is 12.4 Å². The maximum Gasteiger partial charge on any atom is 0.407 e. The van der Waals surface area contributed by atoms with Crippen LogP contribution in [0.25, 0.3) is 0 Å². The second kappa shape index (κ2) is 3.49. The summed E-state index contributed by atoms with van der Waals surface area (Å²) in [4.78, 5) is 19.4. The van der Waals surface area contributed by atoms with E-state index in [1.165, 1.54) is 4.90 Å². The van der Waals surface area contributed by atoms with Crippen molar-refractivity contribution in [3.63, 3.8) is 0 Å². The van der Waals surface area contributed by atoms with Crippen molar-refractivity contribution in [2.75, 3.05) is 13.1 Å². The summed E-state index contributed by atoms with van der Waals surface area (Å²) in [6.07, 6.45) is 2.12. The molecule has 1 N–H and O–H groups in total. The maximum absolute atomic E-state index is 10.4. The van der Waals surface area contributed by atoms with Crippen LogP contribution in [0.3, 0.4) is 0 Å². The number of amides is 1. The number of nitrogens with zero attached hydrogens (tertiary/aromatic N) is 3. The smallest absolute Gasteiger partial charge is 0.407 e. The van der Waals surface area contributed by atoms with Crippen molar-refractivity contribution in [1.82, 2.24) is 14.9 Å². The minimum atomic E-state index is -0.918. The summed E-state index contributed by atoms with van der Waals surface area (Å²) in [6, 6.07) is 1.99. The van der Waals surface area contributed by atoms with Gasteiger partial charge in [-0.1, -0.05) is 0 Å². The second-order valence-electron chi connectivity index (χ2n) is 2.96. The molecule has 1 saturated heterocycles. The van der Waals surface area contributed by atoms with E-state index < -0.39 is 6.09 Å². The summed E-state index contributed by atoms with van der Waals surface area (Å²) < 4.78 is 5.30. The normalized spacial score (nSPS) is 16.1. The minimum Gasteiger partial charge on any atom is -0.465 e. The molecule has 1 amide bonds. The van der Waals surface area contributed by atoms with E-state index >= 15 is 0 Å². The summed E-state index contributed by atoms with van der Waals surface area (Å²) in [5.41, 5.74) is 0. The lowest BCUT2D eigenvalue weighted by molar-refractivity contribution is 0.0200. The molecule has 1 aromatic heterocycles. The monoisotopic (exact) mass is 195 g/mol. The zero-order valence-electron chi connectivity index (χ0n) is 7.33. The second-order valence-corrected chi connectivity index (χ2v) is 2.96. The zero-order chi connectivity index (χ0) is 9.97. The topological polar surface area (TPSA) is 75.5 Å². The van der Waals surface area contributed by atoms with Gasteiger partial charge in [0.1, 0.15) is 6.10 Å². The molecule has 0 aliphatic carbocycles. The fraction of sp³-hybridized carbons (Fsp3) is 0.375. The predicted octanol–water partition coefficient (Wildman–Crippen LogP) is 0.218. The molecular formula is C8H9N3O3. The van der Waals surface area contributed by atoms with Crippen LogP contribution in [0.4, 0.5) is 4.79 Å². The highest BCUT2D eigenvalue weighted by atomic mass is 16.5. The Morgan fingerprint density at radius 3 is 2.71 bits per heavy atom. The standard InChI is InChI=1S/C8H9N3O3/c12-8(13)11-4-6(5-11)14-7-9-2-1-3-10-7/h1-3,6H,4-5H2,(H,12,13). The van der Waals surface area contributed by atoms with Crippen LogP contribution >= 0.6 is 0 Å². The first kappa shape index (κ1) is 8.74. The summed E-state index contributed by atoms with van der Waals surface area (Å²) in [6.45, 7) is 0.765. The van der Waals surface area contributed by atoms with Gasteiger partial charge in [-0.25, -0.2) is 14.8 Å². The Hall–Kier alpha value is -1.85. The third kappa shape index (κ3) is 1.73. The number of carboxylic acid groups (broad SMARTS) is 1. The lowest BCUT2D eigenvalue weighted by Crippen LogP contribution is -2.55. The van der Waals surface area contributed by atoms with E-state index in [-0.39, 0.29) is 6.10 Å². The van der Waals surface area contributed by atoms with E-state index in [1.807, 2.05) is 0 Å².